The van der Waals surface area contributed by atoms with Gasteiger partial charge < -0.3 is 9.47 Å². The molecule has 1 heterocycles. The highest BCUT2D eigenvalue weighted by Gasteiger charge is 2.24. The molecule has 0 unspecified atom stereocenters. The van der Waals surface area contributed by atoms with Crippen molar-refractivity contribution in [2.24, 2.45) is 0 Å². The third-order valence-corrected chi connectivity index (χ3v) is 4.90. The maximum absolute atomic E-state index is 11.8. The summed E-state index contributed by atoms with van der Waals surface area (Å²) < 4.78 is 12.3. The first-order chi connectivity index (χ1) is 13.4. The van der Waals surface area contributed by atoms with Crippen molar-refractivity contribution in [1.82, 2.24) is 5.32 Å². The zero-order chi connectivity index (χ0) is 20.3. The van der Waals surface area contributed by atoms with Gasteiger partial charge in [0, 0.05) is 15.6 Å². The Morgan fingerprint density at radius 3 is 2.43 bits per heavy atom. The highest BCUT2D eigenvalue weighted by molar-refractivity contribution is 9.10. The molecule has 1 saturated heterocycles. The molecule has 2 aromatic rings. The van der Waals surface area contributed by atoms with E-state index in [1.807, 2.05) is 6.92 Å². The van der Waals surface area contributed by atoms with E-state index >= 15 is 0 Å². The number of imide groups is 1. The molecule has 1 N–H and O–H groups in total. The fourth-order valence-electron chi connectivity index (χ4n) is 2.75. The summed E-state index contributed by atoms with van der Waals surface area (Å²) in [5.74, 6) is 0.353. The minimum Gasteiger partial charge on any atom is -0.490 e. The predicted molar refractivity (Wildman–Crippen MR) is 112 cm³/mol. The van der Waals surface area contributed by atoms with Crippen LogP contribution in [0.4, 0.5) is 0 Å². The summed E-state index contributed by atoms with van der Waals surface area (Å²) in [6.45, 7) is 2.55. The van der Waals surface area contributed by atoms with Crippen molar-refractivity contribution in [2.75, 3.05) is 6.61 Å². The highest BCUT2D eigenvalue weighted by atomic mass is 79.9. The number of amides is 2. The van der Waals surface area contributed by atoms with Crippen LogP contribution in [0.1, 0.15) is 24.5 Å². The van der Waals surface area contributed by atoms with Crippen LogP contribution in [0.15, 0.2) is 40.4 Å². The molecule has 0 radical (unpaired) electrons. The number of benzene rings is 2. The smallest absolute Gasteiger partial charge is 0.254 e. The van der Waals surface area contributed by atoms with Gasteiger partial charge in [0.05, 0.1) is 17.5 Å². The summed E-state index contributed by atoms with van der Waals surface area (Å²) >= 11 is 15.6. The largest absolute Gasteiger partial charge is 0.490 e. The minimum absolute atomic E-state index is 0.0637. The fraction of sp³-hybridized carbons (Fsp3) is 0.200. The molecular formula is C20H16BrCl2NO4. The molecule has 28 heavy (non-hydrogen) atoms. The quantitative estimate of drug-likeness (QED) is 0.454. The van der Waals surface area contributed by atoms with E-state index in [9.17, 15) is 9.59 Å². The Balaban J connectivity index is 1.87. The minimum atomic E-state index is -0.378. The van der Waals surface area contributed by atoms with E-state index in [1.54, 1.807) is 36.4 Å². The van der Waals surface area contributed by atoms with Crippen molar-refractivity contribution in [1.29, 1.82) is 0 Å². The first-order valence-electron chi connectivity index (χ1n) is 8.44. The van der Waals surface area contributed by atoms with Gasteiger partial charge in [0.2, 0.25) is 5.91 Å². The summed E-state index contributed by atoms with van der Waals surface area (Å²) in [5.41, 5.74) is 1.94. The van der Waals surface area contributed by atoms with E-state index in [0.29, 0.717) is 43.8 Å². The number of carbonyl (C=O) groups excluding carboxylic acids is 2. The molecule has 2 aromatic carbocycles. The first kappa shape index (κ1) is 20.7. The third-order valence-electron chi connectivity index (χ3n) is 3.87. The van der Waals surface area contributed by atoms with Crippen LogP contribution >= 0.6 is 39.1 Å². The SMILES string of the molecule is CCOc1cc(/C=C2\CC(=O)NC2=O)cc(Br)c1OCc1cc(Cl)cc(Cl)c1. The molecule has 8 heteroatoms. The van der Waals surface area contributed by atoms with Crippen LogP contribution in [0.2, 0.25) is 10.0 Å². The topological polar surface area (TPSA) is 64.6 Å². The summed E-state index contributed by atoms with van der Waals surface area (Å²) in [5, 5.41) is 3.32. The van der Waals surface area contributed by atoms with Gasteiger partial charge in [0.25, 0.3) is 5.91 Å². The molecule has 1 aliphatic heterocycles. The van der Waals surface area contributed by atoms with Gasteiger partial charge in [0.15, 0.2) is 11.5 Å². The van der Waals surface area contributed by atoms with Crippen LogP contribution < -0.4 is 14.8 Å². The van der Waals surface area contributed by atoms with E-state index in [4.69, 9.17) is 32.7 Å². The Labute approximate surface area is 180 Å². The number of carbonyl (C=O) groups is 2. The monoisotopic (exact) mass is 483 g/mol. The number of ether oxygens (including phenoxy) is 2. The van der Waals surface area contributed by atoms with Crippen LogP contribution in [-0.4, -0.2) is 18.4 Å². The molecule has 1 fully saturated rings. The molecule has 0 aromatic heterocycles. The standard InChI is InChI=1S/C20H16BrCl2NO4/c1-2-27-17-7-11(3-13-8-18(25)24-20(13)26)6-16(21)19(17)28-10-12-4-14(22)9-15(23)5-12/h3-7,9H,2,8,10H2,1H3,(H,24,25,26)/b13-3+. The Bertz CT molecular complexity index is 955. The van der Waals surface area contributed by atoms with Crippen molar-refractivity contribution in [3.05, 3.63) is 61.5 Å². The first-order valence-corrected chi connectivity index (χ1v) is 9.99. The summed E-state index contributed by atoms with van der Waals surface area (Å²) in [6, 6.07) is 8.76. The van der Waals surface area contributed by atoms with Gasteiger partial charge in [-0.3, -0.25) is 14.9 Å². The average molecular weight is 485 g/mol. The lowest BCUT2D eigenvalue weighted by Gasteiger charge is -2.15. The zero-order valence-electron chi connectivity index (χ0n) is 14.9. The lowest BCUT2D eigenvalue weighted by molar-refractivity contribution is -0.124. The molecule has 0 saturated carbocycles. The average Bonchev–Trinajstić information content (AvgIpc) is 2.90. The second kappa shape index (κ2) is 8.99. The predicted octanol–water partition coefficient (Wildman–Crippen LogP) is 5.16. The number of hydrogen-bond acceptors (Lipinski definition) is 4. The van der Waals surface area contributed by atoms with Gasteiger partial charge in [-0.25, -0.2) is 0 Å². The maximum Gasteiger partial charge on any atom is 0.254 e. The summed E-state index contributed by atoms with van der Waals surface area (Å²) in [7, 11) is 0. The number of rotatable bonds is 6. The van der Waals surface area contributed by atoms with Gasteiger partial charge in [-0.05, 0) is 70.4 Å². The molecule has 2 amide bonds. The van der Waals surface area contributed by atoms with E-state index in [2.05, 4.69) is 21.2 Å². The number of halogens is 3. The Hall–Kier alpha value is -2.02. The molecule has 0 spiro atoms. The van der Waals surface area contributed by atoms with Gasteiger partial charge in [-0.1, -0.05) is 23.2 Å². The van der Waals surface area contributed by atoms with Crippen LogP contribution in [-0.2, 0) is 16.2 Å². The number of hydrogen-bond donors (Lipinski definition) is 1. The molecule has 5 nitrogen and oxygen atoms in total. The van der Waals surface area contributed by atoms with Gasteiger partial charge in [0.1, 0.15) is 6.61 Å². The summed E-state index contributed by atoms with van der Waals surface area (Å²) in [4.78, 5) is 23.1. The number of nitrogens with one attached hydrogen (secondary N) is 1. The van der Waals surface area contributed by atoms with Gasteiger partial charge in [-0.15, -0.1) is 0 Å². The van der Waals surface area contributed by atoms with E-state index in [-0.39, 0.29) is 24.8 Å². The second-order valence-corrected chi connectivity index (χ2v) is 7.78. The molecular weight excluding hydrogens is 469 g/mol. The molecule has 146 valence electrons. The van der Waals surface area contributed by atoms with Crippen LogP contribution in [0.25, 0.3) is 6.08 Å². The maximum atomic E-state index is 11.8. The van der Waals surface area contributed by atoms with Crippen molar-refractivity contribution in [3.8, 4) is 11.5 Å². The van der Waals surface area contributed by atoms with Crippen molar-refractivity contribution in [3.63, 3.8) is 0 Å². The van der Waals surface area contributed by atoms with Gasteiger partial charge >= 0.3 is 0 Å². The highest BCUT2D eigenvalue weighted by Crippen LogP contribution is 2.38. The Morgan fingerprint density at radius 1 is 1.11 bits per heavy atom. The molecule has 1 aliphatic rings. The van der Waals surface area contributed by atoms with E-state index in [1.165, 1.54) is 0 Å². The normalized spacial score (nSPS) is 15.1. The molecule has 0 aliphatic carbocycles. The van der Waals surface area contributed by atoms with E-state index < -0.39 is 0 Å². The molecule has 0 atom stereocenters. The Kier molecular flexibility index (Phi) is 6.65. The van der Waals surface area contributed by atoms with Crippen molar-refractivity contribution >= 4 is 57.0 Å². The lowest BCUT2D eigenvalue weighted by Crippen LogP contribution is -2.19. The van der Waals surface area contributed by atoms with Gasteiger partial charge in [-0.2, -0.15) is 0 Å². The van der Waals surface area contributed by atoms with Crippen molar-refractivity contribution in [2.45, 2.75) is 20.0 Å². The lowest BCUT2D eigenvalue weighted by atomic mass is 10.1. The van der Waals surface area contributed by atoms with Crippen LogP contribution in [0.5, 0.6) is 11.5 Å². The summed E-state index contributed by atoms with van der Waals surface area (Å²) in [6.07, 6.45) is 1.72. The molecule has 0 bridgehead atoms. The second-order valence-electron chi connectivity index (χ2n) is 6.05. The molecule has 3 rings (SSSR count). The Morgan fingerprint density at radius 2 is 1.82 bits per heavy atom. The van der Waals surface area contributed by atoms with Crippen molar-refractivity contribution < 1.29 is 19.1 Å². The van der Waals surface area contributed by atoms with Crippen LogP contribution in [0.3, 0.4) is 0 Å². The zero-order valence-corrected chi connectivity index (χ0v) is 18.0. The fourth-order valence-corrected chi connectivity index (χ4v) is 3.89. The van der Waals surface area contributed by atoms with Crippen LogP contribution in [0, 0.1) is 0 Å². The third kappa shape index (κ3) is 5.07. The van der Waals surface area contributed by atoms with E-state index in [0.717, 1.165) is 5.56 Å².